The van der Waals surface area contributed by atoms with Gasteiger partial charge in [-0.3, -0.25) is 9.35 Å². The number of aliphatic hydroxyl groups excluding tert-OH is 2. The van der Waals surface area contributed by atoms with Crippen LogP contribution >= 0.6 is 0 Å². The average molecular weight is 670 g/mol. The van der Waals surface area contributed by atoms with Gasteiger partial charge in [0.2, 0.25) is 5.91 Å². The normalized spacial score (nSPS) is 14.5. The number of unbranched alkanes of at least 4 members (excludes halogenated alkanes) is 20. The zero-order valence-corrected chi connectivity index (χ0v) is 30.4. The Morgan fingerprint density at radius 2 is 1.02 bits per heavy atom. The first-order valence-corrected chi connectivity index (χ1v) is 20.4. The van der Waals surface area contributed by atoms with Crippen LogP contribution in [0, 0.1) is 0 Å². The highest BCUT2D eigenvalue weighted by atomic mass is 32.2. The third kappa shape index (κ3) is 31.1. The molecule has 0 heterocycles. The standard InChI is InChI=1S/C38H71NO6S/c1-3-5-7-9-11-12-13-14-15-16-17-18-19-20-21-22-23-24-25-27-29-31-33-37(41)38(42)39-35(34-46(43,44)45)36(40)32-30-28-26-10-8-6-4-2/h8,10,20-21,30,32,35-37,40-41H,3-7,9,11-19,22-29,31,33-34H2,1-2H3,(H,39,42)(H,43,44,45)/b10-8+,21-20-,32-30+. The molecule has 0 aliphatic heterocycles. The van der Waals surface area contributed by atoms with Crippen molar-refractivity contribution in [2.24, 2.45) is 0 Å². The number of nitrogens with one attached hydrogen (secondary N) is 1. The molecular weight excluding hydrogens is 598 g/mol. The summed E-state index contributed by atoms with van der Waals surface area (Å²) in [5, 5.41) is 23.1. The van der Waals surface area contributed by atoms with Crippen molar-refractivity contribution in [3.05, 3.63) is 36.5 Å². The van der Waals surface area contributed by atoms with E-state index in [9.17, 15) is 28.0 Å². The van der Waals surface area contributed by atoms with Crippen LogP contribution in [0.2, 0.25) is 0 Å². The van der Waals surface area contributed by atoms with Gasteiger partial charge in [-0.25, -0.2) is 0 Å². The van der Waals surface area contributed by atoms with E-state index in [2.05, 4.69) is 37.4 Å². The summed E-state index contributed by atoms with van der Waals surface area (Å²) in [4.78, 5) is 12.5. The lowest BCUT2D eigenvalue weighted by atomic mass is 10.0. The van der Waals surface area contributed by atoms with Crippen molar-refractivity contribution in [2.45, 2.75) is 193 Å². The number of carbonyl (C=O) groups is 1. The predicted octanol–water partition coefficient (Wildman–Crippen LogP) is 9.54. The van der Waals surface area contributed by atoms with Crippen LogP contribution in [0.25, 0.3) is 0 Å². The zero-order valence-electron chi connectivity index (χ0n) is 29.6. The molecule has 3 atom stereocenters. The Balaban J connectivity index is 3.91. The Morgan fingerprint density at radius 1 is 0.587 bits per heavy atom. The number of rotatable bonds is 33. The summed E-state index contributed by atoms with van der Waals surface area (Å²) in [5.41, 5.74) is 0. The van der Waals surface area contributed by atoms with Crippen LogP contribution in [0.3, 0.4) is 0 Å². The molecule has 0 aromatic rings. The molecule has 3 unspecified atom stereocenters. The topological polar surface area (TPSA) is 124 Å². The van der Waals surface area contributed by atoms with Crippen molar-refractivity contribution >= 4 is 16.0 Å². The van der Waals surface area contributed by atoms with Gasteiger partial charge in [-0.1, -0.05) is 159 Å². The van der Waals surface area contributed by atoms with E-state index in [0.717, 1.165) is 44.9 Å². The minimum absolute atomic E-state index is 0.266. The van der Waals surface area contributed by atoms with Gasteiger partial charge in [-0.2, -0.15) is 8.42 Å². The molecule has 0 spiro atoms. The predicted molar refractivity (Wildman–Crippen MR) is 195 cm³/mol. The van der Waals surface area contributed by atoms with Gasteiger partial charge in [0, 0.05) is 0 Å². The molecule has 0 rings (SSSR count). The summed E-state index contributed by atoms with van der Waals surface area (Å²) in [5.74, 6) is -1.57. The van der Waals surface area contributed by atoms with Crippen LogP contribution < -0.4 is 5.32 Å². The van der Waals surface area contributed by atoms with Crippen molar-refractivity contribution < 1.29 is 28.0 Å². The highest BCUT2D eigenvalue weighted by Gasteiger charge is 2.27. The van der Waals surface area contributed by atoms with E-state index in [1.807, 2.05) is 6.08 Å². The number of amides is 1. The van der Waals surface area contributed by atoms with Crippen molar-refractivity contribution in [1.82, 2.24) is 5.32 Å². The lowest BCUT2D eigenvalue weighted by molar-refractivity contribution is -0.130. The SMILES string of the molecule is CCC/C=C/CC/C=C/C(O)C(CS(=O)(=O)O)NC(=O)C(O)CCCCCCCC/C=C\CCCCCCCCCCCCCC. The maximum atomic E-state index is 12.5. The van der Waals surface area contributed by atoms with Gasteiger partial charge in [0.25, 0.3) is 10.1 Å². The summed E-state index contributed by atoms with van der Waals surface area (Å²) in [7, 11) is -4.44. The van der Waals surface area contributed by atoms with Gasteiger partial charge in [0.1, 0.15) is 6.10 Å². The number of carbonyl (C=O) groups excluding carboxylic acids is 1. The fourth-order valence-corrected chi connectivity index (χ4v) is 6.21. The molecule has 1 amide bonds. The molecule has 8 heteroatoms. The monoisotopic (exact) mass is 670 g/mol. The Bertz CT molecular complexity index is 886. The molecule has 270 valence electrons. The van der Waals surface area contributed by atoms with Gasteiger partial charge in [-0.05, 0) is 51.4 Å². The van der Waals surface area contributed by atoms with Gasteiger partial charge in [-0.15, -0.1) is 0 Å². The molecule has 4 N–H and O–H groups in total. The fraction of sp³-hybridized carbons (Fsp3) is 0.816. The zero-order chi connectivity index (χ0) is 34.1. The maximum absolute atomic E-state index is 12.5. The van der Waals surface area contributed by atoms with E-state index in [0.29, 0.717) is 12.8 Å². The largest absolute Gasteiger partial charge is 0.387 e. The number of hydrogen-bond donors (Lipinski definition) is 4. The molecule has 0 aromatic carbocycles. The summed E-state index contributed by atoms with van der Waals surface area (Å²) < 4.78 is 32.2. The van der Waals surface area contributed by atoms with Crippen LogP contribution in [0.5, 0.6) is 0 Å². The van der Waals surface area contributed by atoms with Crippen LogP contribution in [0.15, 0.2) is 36.5 Å². The first-order valence-electron chi connectivity index (χ1n) is 18.8. The summed E-state index contributed by atoms with van der Waals surface area (Å²) in [6, 6.07) is -1.25. The second kappa shape index (κ2) is 32.1. The van der Waals surface area contributed by atoms with Crippen molar-refractivity contribution in [1.29, 1.82) is 0 Å². The maximum Gasteiger partial charge on any atom is 0.267 e. The number of aliphatic hydroxyl groups is 2. The van der Waals surface area contributed by atoms with E-state index < -0.39 is 40.0 Å². The summed E-state index contributed by atoms with van der Waals surface area (Å²) in [6.07, 6.45) is 38.2. The number of allylic oxidation sites excluding steroid dienone is 5. The first kappa shape index (κ1) is 44.5. The van der Waals surface area contributed by atoms with E-state index >= 15 is 0 Å². The molecule has 0 saturated heterocycles. The molecule has 0 aliphatic carbocycles. The van der Waals surface area contributed by atoms with Crippen LogP contribution in [0.4, 0.5) is 0 Å². The third-order valence-electron chi connectivity index (χ3n) is 8.38. The highest BCUT2D eigenvalue weighted by molar-refractivity contribution is 7.85. The van der Waals surface area contributed by atoms with Crippen LogP contribution in [-0.2, 0) is 14.9 Å². The third-order valence-corrected chi connectivity index (χ3v) is 9.16. The van der Waals surface area contributed by atoms with Crippen molar-refractivity contribution in [3.63, 3.8) is 0 Å². The molecule has 0 radical (unpaired) electrons. The van der Waals surface area contributed by atoms with E-state index in [-0.39, 0.29) is 6.42 Å². The molecule has 46 heavy (non-hydrogen) atoms. The first-order chi connectivity index (χ1) is 22.2. The van der Waals surface area contributed by atoms with E-state index in [1.165, 1.54) is 102 Å². The Kier molecular flexibility index (Phi) is 31.1. The minimum Gasteiger partial charge on any atom is -0.387 e. The second-order valence-electron chi connectivity index (χ2n) is 13.0. The average Bonchev–Trinajstić information content (AvgIpc) is 3.01. The minimum atomic E-state index is -4.44. The van der Waals surface area contributed by atoms with Gasteiger partial charge in [0.05, 0.1) is 17.9 Å². The van der Waals surface area contributed by atoms with Crippen molar-refractivity contribution in [3.8, 4) is 0 Å². The van der Waals surface area contributed by atoms with E-state index in [4.69, 9.17) is 0 Å². The molecule has 0 aromatic heterocycles. The Hall–Kier alpha value is -1.48. The quantitative estimate of drug-likeness (QED) is 0.0313. The van der Waals surface area contributed by atoms with Crippen LogP contribution in [-0.4, -0.2) is 53.1 Å². The molecule has 0 saturated carbocycles. The lowest BCUT2D eigenvalue weighted by Gasteiger charge is -2.22. The molecule has 0 bridgehead atoms. The van der Waals surface area contributed by atoms with E-state index in [1.54, 1.807) is 6.08 Å². The van der Waals surface area contributed by atoms with Gasteiger partial charge < -0.3 is 15.5 Å². The summed E-state index contributed by atoms with van der Waals surface area (Å²) in [6.45, 7) is 4.37. The Labute approximate surface area is 283 Å². The Morgan fingerprint density at radius 3 is 1.52 bits per heavy atom. The highest BCUT2D eigenvalue weighted by Crippen LogP contribution is 2.14. The molecule has 0 fully saturated rings. The van der Waals surface area contributed by atoms with Crippen molar-refractivity contribution in [2.75, 3.05) is 5.75 Å². The molecule has 0 aliphatic rings. The summed E-state index contributed by atoms with van der Waals surface area (Å²) >= 11 is 0. The van der Waals surface area contributed by atoms with Gasteiger partial charge in [0.15, 0.2) is 0 Å². The number of hydrogen-bond acceptors (Lipinski definition) is 5. The second-order valence-corrected chi connectivity index (χ2v) is 14.5. The molecular formula is C38H71NO6S. The van der Waals surface area contributed by atoms with Gasteiger partial charge >= 0.3 is 0 Å². The smallest absolute Gasteiger partial charge is 0.267 e. The van der Waals surface area contributed by atoms with Crippen LogP contribution in [0.1, 0.15) is 174 Å². The molecule has 7 nitrogen and oxygen atoms in total. The lowest BCUT2D eigenvalue weighted by Crippen LogP contribution is -2.50. The fourth-order valence-electron chi connectivity index (χ4n) is 5.47.